The summed E-state index contributed by atoms with van der Waals surface area (Å²) in [7, 11) is 1.61. The molecule has 1 aromatic carbocycles. The first kappa shape index (κ1) is 18.7. The van der Waals surface area contributed by atoms with Crippen molar-refractivity contribution >= 4 is 17.5 Å². The van der Waals surface area contributed by atoms with Crippen LogP contribution in [-0.2, 0) is 14.3 Å². The van der Waals surface area contributed by atoms with Crippen LogP contribution >= 0.6 is 0 Å². The molecule has 1 saturated carbocycles. The van der Waals surface area contributed by atoms with Crippen LogP contribution in [0.4, 0.5) is 5.69 Å². The molecule has 2 aliphatic rings. The van der Waals surface area contributed by atoms with E-state index in [0.29, 0.717) is 6.54 Å². The summed E-state index contributed by atoms with van der Waals surface area (Å²) in [4.78, 5) is 24.7. The maximum atomic E-state index is 12.4. The Morgan fingerprint density at radius 1 is 1.04 bits per heavy atom. The fourth-order valence-electron chi connectivity index (χ4n) is 3.70. The summed E-state index contributed by atoms with van der Waals surface area (Å²) >= 11 is 0. The maximum Gasteiger partial charge on any atom is 0.227 e. The van der Waals surface area contributed by atoms with Gasteiger partial charge in [0.15, 0.2) is 0 Å². The van der Waals surface area contributed by atoms with E-state index in [1.165, 1.54) is 0 Å². The second kappa shape index (κ2) is 9.03. The average Bonchev–Trinajstić information content (AvgIpc) is 3.20. The fourth-order valence-corrected chi connectivity index (χ4v) is 3.70. The number of benzene rings is 1. The van der Waals surface area contributed by atoms with Gasteiger partial charge in [-0.05, 0) is 62.8 Å². The summed E-state index contributed by atoms with van der Waals surface area (Å²) in [5.74, 6) is 0.890. The Balaban J connectivity index is 1.40. The van der Waals surface area contributed by atoms with Gasteiger partial charge < -0.3 is 20.1 Å². The molecule has 6 heteroatoms. The Hall–Kier alpha value is -2.08. The normalized spacial score (nSPS) is 25.5. The third kappa shape index (κ3) is 4.97. The lowest BCUT2D eigenvalue weighted by molar-refractivity contribution is -0.128. The topological polar surface area (TPSA) is 76.7 Å². The van der Waals surface area contributed by atoms with Crippen LogP contribution in [0.1, 0.15) is 38.5 Å². The molecule has 26 heavy (non-hydrogen) atoms. The molecule has 0 aromatic heterocycles. The van der Waals surface area contributed by atoms with Gasteiger partial charge in [0, 0.05) is 30.7 Å². The van der Waals surface area contributed by atoms with Gasteiger partial charge in [-0.15, -0.1) is 0 Å². The molecule has 2 amide bonds. The number of amides is 2. The van der Waals surface area contributed by atoms with Gasteiger partial charge in [-0.2, -0.15) is 0 Å². The van der Waals surface area contributed by atoms with Crippen LogP contribution in [0, 0.1) is 11.8 Å². The highest BCUT2D eigenvalue weighted by Gasteiger charge is 2.30. The van der Waals surface area contributed by atoms with E-state index in [1.807, 2.05) is 24.3 Å². The molecule has 1 aromatic rings. The molecule has 1 aliphatic carbocycles. The van der Waals surface area contributed by atoms with Crippen molar-refractivity contribution < 1.29 is 19.1 Å². The summed E-state index contributed by atoms with van der Waals surface area (Å²) < 4.78 is 10.7. The van der Waals surface area contributed by atoms with Crippen molar-refractivity contribution in [3.8, 4) is 5.75 Å². The summed E-state index contributed by atoms with van der Waals surface area (Å²) in [5, 5.41) is 5.97. The first-order valence-corrected chi connectivity index (χ1v) is 9.50. The highest BCUT2D eigenvalue weighted by Crippen LogP contribution is 2.30. The second-order valence-corrected chi connectivity index (χ2v) is 7.15. The molecule has 1 unspecified atom stereocenters. The van der Waals surface area contributed by atoms with Gasteiger partial charge in [-0.1, -0.05) is 0 Å². The van der Waals surface area contributed by atoms with Crippen LogP contribution in [-0.4, -0.2) is 38.2 Å². The highest BCUT2D eigenvalue weighted by molar-refractivity contribution is 5.92. The van der Waals surface area contributed by atoms with Crippen molar-refractivity contribution in [3.63, 3.8) is 0 Å². The van der Waals surface area contributed by atoms with E-state index < -0.39 is 0 Å². The van der Waals surface area contributed by atoms with Crippen LogP contribution in [0.5, 0.6) is 5.75 Å². The number of carbonyl (C=O) groups is 2. The number of carbonyl (C=O) groups excluding carboxylic acids is 2. The first-order valence-electron chi connectivity index (χ1n) is 9.50. The van der Waals surface area contributed by atoms with Crippen LogP contribution in [0.3, 0.4) is 0 Å². The first-order chi connectivity index (χ1) is 12.7. The predicted octanol–water partition coefficient (Wildman–Crippen LogP) is 2.74. The number of hydrogen-bond acceptors (Lipinski definition) is 4. The Kier molecular flexibility index (Phi) is 6.50. The molecule has 1 atom stereocenters. The molecule has 0 radical (unpaired) electrons. The van der Waals surface area contributed by atoms with Crippen molar-refractivity contribution in [2.24, 2.45) is 11.8 Å². The van der Waals surface area contributed by atoms with Gasteiger partial charge in [-0.3, -0.25) is 9.59 Å². The van der Waals surface area contributed by atoms with Crippen molar-refractivity contribution in [2.75, 3.05) is 25.6 Å². The molecule has 1 aliphatic heterocycles. The van der Waals surface area contributed by atoms with E-state index in [9.17, 15) is 9.59 Å². The van der Waals surface area contributed by atoms with E-state index in [0.717, 1.165) is 56.6 Å². The van der Waals surface area contributed by atoms with Crippen LogP contribution in [0.2, 0.25) is 0 Å². The van der Waals surface area contributed by atoms with E-state index in [1.54, 1.807) is 7.11 Å². The fraction of sp³-hybridized carbons (Fsp3) is 0.600. The van der Waals surface area contributed by atoms with Crippen molar-refractivity contribution in [2.45, 2.75) is 44.6 Å². The number of anilines is 1. The van der Waals surface area contributed by atoms with Crippen molar-refractivity contribution in [3.05, 3.63) is 24.3 Å². The van der Waals surface area contributed by atoms with E-state index in [-0.39, 0.29) is 29.8 Å². The van der Waals surface area contributed by atoms with Gasteiger partial charge in [0.25, 0.3) is 0 Å². The zero-order chi connectivity index (χ0) is 18.4. The minimum atomic E-state index is -0.0284. The average molecular weight is 360 g/mol. The quantitative estimate of drug-likeness (QED) is 0.818. The van der Waals surface area contributed by atoms with Crippen LogP contribution < -0.4 is 15.4 Å². The Labute approximate surface area is 154 Å². The zero-order valence-corrected chi connectivity index (χ0v) is 15.3. The van der Waals surface area contributed by atoms with Gasteiger partial charge in [0.2, 0.25) is 11.8 Å². The Morgan fingerprint density at radius 2 is 1.69 bits per heavy atom. The molecule has 3 rings (SSSR count). The second-order valence-electron chi connectivity index (χ2n) is 7.15. The zero-order valence-electron chi connectivity index (χ0n) is 15.3. The molecular formula is C20H28N2O4. The summed E-state index contributed by atoms with van der Waals surface area (Å²) in [6, 6.07) is 7.32. The number of hydrogen-bond donors (Lipinski definition) is 2. The van der Waals surface area contributed by atoms with Gasteiger partial charge in [0.1, 0.15) is 5.75 Å². The van der Waals surface area contributed by atoms with Gasteiger partial charge in [-0.25, -0.2) is 0 Å². The third-order valence-electron chi connectivity index (χ3n) is 5.35. The van der Waals surface area contributed by atoms with Crippen LogP contribution in [0.25, 0.3) is 0 Å². The summed E-state index contributed by atoms with van der Waals surface area (Å²) in [6.45, 7) is 1.41. The third-order valence-corrected chi connectivity index (χ3v) is 5.35. The largest absolute Gasteiger partial charge is 0.497 e. The molecule has 1 heterocycles. The lowest BCUT2D eigenvalue weighted by Gasteiger charge is -2.27. The molecular weight excluding hydrogens is 332 g/mol. The standard InChI is InChI=1S/C20H28N2O4/c1-25-17-10-8-16(9-11-17)22-20(24)15-6-4-14(5-7-15)19(23)21-13-18-3-2-12-26-18/h8-11,14-15,18H,2-7,12-13H2,1H3,(H,21,23)(H,22,24). The lowest BCUT2D eigenvalue weighted by atomic mass is 9.81. The highest BCUT2D eigenvalue weighted by atomic mass is 16.5. The van der Waals surface area contributed by atoms with Crippen molar-refractivity contribution in [1.82, 2.24) is 5.32 Å². The smallest absolute Gasteiger partial charge is 0.227 e. The van der Waals surface area contributed by atoms with E-state index in [2.05, 4.69) is 10.6 Å². The van der Waals surface area contributed by atoms with Crippen molar-refractivity contribution in [1.29, 1.82) is 0 Å². The molecule has 142 valence electrons. The number of rotatable bonds is 6. The van der Waals surface area contributed by atoms with E-state index >= 15 is 0 Å². The molecule has 6 nitrogen and oxygen atoms in total. The molecule has 1 saturated heterocycles. The predicted molar refractivity (Wildman–Crippen MR) is 99.1 cm³/mol. The lowest BCUT2D eigenvalue weighted by Crippen LogP contribution is -2.38. The monoisotopic (exact) mass is 360 g/mol. The summed E-state index contributed by atoms with van der Waals surface area (Å²) in [6.07, 6.45) is 5.30. The minimum Gasteiger partial charge on any atom is -0.497 e. The number of nitrogens with one attached hydrogen (secondary N) is 2. The minimum absolute atomic E-state index is 0.0152. The maximum absolute atomic E-state index is 12.4. The number of ether oxygens (including phenoxy) is 2. The van der Waals surface area contributed by atoms with E-state index in [4.69, 9.17) is 9.47 Å². The Bertz CT molecular complexity index is 603. The molecule has 2 fully saturated rings. The van der Waals surface area contributed by atoms with Gasteiger partial charge in [0.05, 0.1) is 13.2 Å². The molecule has 0 bridgehead atoms. The molecule has 2 N–H and O–H groups in total. The van der Waals surface area contributed by atoms with Crippen LogP contribution in [0.15, 0.2) is 24.3 Å². The number of methoxy groups -OCH3 is 1. The Morgan fingerprint density at radius 3 is 2.27 bits per heavy atom. The SMILES string of the molecule is COc1ccc(NC(=O)C2CCC(C(=O)NCC3CCCO3)CC2)cc1. The molecule has 0 spiro atoms. The summed E-state index contributed by atoms with van der Waals surface area (Å²) in [5.41, 5.74) is 0.771. The van der Waals surface area contributed by atoms with Gasteiger partial charge >= 0.3 is 0 Å².